The van der Waals surface area contributed by atoms with Gasteiger partial charge in [0.1, 0.15) is 6.61 Å². The summed E-state index contributed by atoms with van der Waals surface area (Å²) in [4.78, 5) is 12.5. The molecule has 1 fully saturated rings. The van der Waals surface area contributed by atoms with Gasteiger partial charge in [0.2, 0.25) is 0 Å². The Kier molecular flexibility index (Phi) is 5.74. The van der Waals surface area contributed by atoms with Gasteiger partial charge in [-0.1, -0.05) is 72.8 Å². The lowest BCUT2D eigenvalue weighted by Gasteiger charge is -2.32. The highest BCUT2D eigenvalue weighted by Gasteiger charge is 2.51. The Balaban J connectivity index is 1.20. The minimum absolute atomic E-state index is 0.0462. The fraction of sp³-hybridized carbons (Fsp3) is 0.321. The van der Waals surface area contributed by atoms with Gasteiger partial charge in [0, 0.05) is 12.5 Å². The minimum atomic E-state index is -0.431. The maximum absolute atomic E-state index is 12.5. The number of hydrogen-bond donors (Lipinski definition) is 1. The third kappa shape index (κ3) is 4.12. The molecule has 0 spiro atoms. The van der Waals surface area contributed by atoms with Gasteiger partial charge in [-0.2, -0.15) is 0 Å². The van der Waals surface area contributed by atoms with Crippen LogP contribution in [0.3, 0.4) is 0 Å². The van der Waals surface area contributed by atoms with E-state index in [0.717, 1.165) is 11.0 Å². The number of hydrogen-bond acceptors (Lipinski definition) is 4. The molecule has 5 rings (SSSR count). The van der Waals surface area contributed by atoms with Gasteiger partial charge in [-0.15, -0.1) is 0 Å². The molecule has 34 heavy (non-hydrogen) atoms. The second-order valence-electron chi connectivity index (χ2n) is 10.0. The number of nitrogens with one attached hydrogen (secondary N) is 1. The molecule has 2 aliphatic rings. The average molecular weight is 455 g/mol. The molecule has 0 aromatic heterocycles. The van der Waals surface area contributed by atoms with Gasteiger partial charge in [0.25, 0.3) is 0 Å². The first kappa shape index (κ1) is 22.7. The van der Waals surface area contributed by atoms with Gasteiger partial charge in [-0.3, -0.25) is 0 Å². The van der Waals surface area contributed by atoms with Crippen LogP contribution in [0.2, 0.25) is 0 Å². The molecule has 0 saturated carbocycles. The monoisotopic (exact) mass is 455 g/mol. The second-order valence-corrected chi connectivity index (χ2v) is 10.0. The first-order chi connectivity index (χ1) is 16.2. The Bertz CT molecular complexity index is 1160. The van der Waals surface area contributed by atoms with Gasteiger partial charge < -0.3 is 19.4 Å². The molecule has 1 aliphatic carbocycles. The fourth-order valence-corrected chi connectivity index (χ4v) is 4.65. The van der Waals surface area contributed by atoms with Crippen LogP contribution in [0.5, 0.6) is 0 Å². The number of ether oxygens (including phenoxy) is 1. The normalized spacial score (nSPS) is 17.8. The molecule has 1 aliphatic heterocycles. The summed E-state index contributed by atoms with van der Waals surface area (Å²) in [6.07, 6.45) is -0.428. The summed E-state index contributed by atoms with van der Waals surface area (Å²) in [5, 5.41) is 2.88. The largest absolute Gasteiger partial charge is 0.494 e. The zero-order valence-electron chi connectivity index (χ0n) is 20.1. The van der Waals surface area contributed by atoms with Crippen molar-refractivity contribution in [3.63, 3.8) is 0 Å². The molecular weight excluding hydrogens is 425 g/mol. The number of alkyl carbamates (subject to hydrolysis) is 1. The van der Waals surface area contributed by atoms with E-state index in [2.05, 4.69) is 29.6 Å². The first-order valence-corrected chi connectivity index (χ1v) is 11.8. The van der Waals surface area contributed by atoms with Gasteiger partial charge in [-0.25, -0.2) is 4.79 Å². The van der Waals surface area contributed by atoms with Crippen molar-refractivity contribution in [1.82, 2.24) is 5.32 Å². The van der Waals surface area contributed by atoms with Gasteiger partial charge in [0.15, 0.2) is 0 Å². The average Bonchev–Trinajstić information content (AvgIpc) is 3.26. The van der Waals surface area contributed by atoms with Crippen LogP contribution < -0.4 is 10.8 Å². The predicted octanol–water partition coefficient (Wildman–Crippen LogP) is 5.02. The molecule has 5 nitrogen and oxygen atoms in total. The molecule has 3 aromatic rings. The van der Waals surface area contributed by atoms with Crippen LogP contribution in [0.15, 0.2) is 72.8 Å². The molecule has 1 N–H and O–H groups in total. The van der Waals surface area contributed by atoms with E-state index in [-0.39, 0.29) is 5.92 Å². The number of amides is 1. The number of rotatable bonds is 5. The minimum Gasteiger partial charge on any atom is -0.449 e. The Morgan fingerprint density at radius 3 is 2.09 bits per heavy atom. The number of benzene rings is 3. The molecule has 6 heteroatoms. The van der Waals surface area contributed by atoms with Crippen molar-refractivity contribution in [2.24, 2.45) is 0 Å². The van der Waals surface area contributed by atoms with Crippen molar-refractivity contribution >= 4 is 18.7 Å². The molecule has 1 amide bonds. The van der Waals surface area contributed by atoms with Crippen LogP contribution in [0.4, 0.5) is 4.79 Å². The first-order valence-electron chi connectivity index (χ1n) is 11.8. The topological polar surface area (TPSA) is 56.8 Å². The Labute approximate surface area is 201 Å². The zero-order valence-corrected chi connectivity index (χ0v) is 20.1. The molecule has 1 heterocycles. The standard InChI is InChI=1S/C28H30BNO4/c1-27(2)28(3,4)34-29(33-27)20-11-9-10-19(16-20)17-30-26(31)32-18-25-23-14-7-5-12-21(23)22-13-6-8-15-24(22)25/h5-16,25H,17-18H2,1-4H3,(H,30,31). The van der Waals surface area contributed by atoms with Crippen LogP contribution in [0.1, 0.15) is 50.3 Å². The maximum atomic E-state index is 12.5. The summed E-state index contributed by atoms with van der Waals surface area (Å²) in [6.45, 7) is 8.81. The zero-order chi connectivity index (χ0) is 23.9. The van der Waals surface area contributed by atoms with Crippen molar-refractivity contribution in [3.05, 3.63) is 89.5 Å². The van der Waals surface area contributed by atoms with E-state index in [0.29, 0.717) is 13.2 Å². The fourth-order valence-electron chi connectivity index (χ4n) is 4.65. The van der Waals surface area contributed by atoms with Crippen molar-refractivity contribution in [2.75, 3.05) is 6.61 Å². The van der Waals surface area contributed by atoms with Gasteiger partial charge >= 0.3 is 13.2 Å². The predicted molar refractivity (Wildman–Crippen MR) is 134 cm³/mol. The molecule has 0 atom stereocenters. The summed E-state index contributed by atoms with van der Waals surface area (Å²) in [7, 11) is -0.431. The third-order valence-electron chi connectivity index (χ3n) is 7.26. The number of carbonyl (C=O) groups excluding carboxylic acids is 1. The molecule has 1 saturated heterocycles. The molecule has 0 bridgehead atoms. The lowest BCUT2D eigenvalue weighted by atomic mass is 9.78. The van der Waals surface area contributed by atoms with Crippen molar-refractivity contribution in [1.29, 1.82) is 0 Å². The Hall–Kier alpha value is -3.09. The number of carbonyl (C=O) groups is 1. The number of fused-ring (bicyclic) bond motifs is 3. The lowest BCUT2D eigenvalue weighted by molar-refractivity contribution is 0.00578. The highest BCUT2D eigenvalue weighted by molar-refractivity contribution is 6.62. The maximum Gasteiger partial charge on any atom is 0.494 e. The Morgan fingerprint density at radius 1 is 0.882 bits per heavy atom. The van der Waals surface area contributed by atoms with E-state index in [1.165, 1.54) is 22.3 Å². The highest BCUT2D eigenvalue weighted by atomic mass is 16.7. The molecular formula is C28H30BNO4. The smallest absolute Gasteiger partial charge is 0.449 e. The quantitative estimate of drug-likeness (QED) is 0.549. The van der Waals surface area contributed by atoms with Crippen LogP contribution >= 0.6 is 0 Å². The highest BCUT2D eigenvalue weighted by Crippen LogP contribution is 2.44. The summed E-state index contributed by atoms with van der Waals surface area (Å²) in [5.74, 6) is 0.0462. The van der Waals surface area contributed by atoms with Crippen molar-refractivity contribution in [3.8, 4) is 11.1 Å². The van der Waals surface area contributed by atoms with E-state index in [9.17, 15) is 4.79 Å². The van der Waals surface area contributed by atoms with E-state index < -0.39 is 24.4 Å². The Morgan fingerprint density at radius 2 is 1.47 bits per heavy atom. The van der Waals surface area contributed by atoms with E-state index >= 15 is 0 Å². The second kappa shape index (κ2) is 8.60. The molecule has 0 unspecified atom stereocenters. The molecule has 3 aromatic carbocycles. The summed E-state index contributed by atoms with van der Waals surface area (Å²) >= 11 is 0. The third-order valence-corrected chi connectivity index (χ3v) is 7.26. The van der Waals surface area contributed by atoms with E-state index in [4.69, 9.17) is 14.0 Å². The van der Waals surface area contributed by atoms with Crippen molar-refractivity contribution in [2.45, 2.75) is 51.4 Å². The van der Waals surface area contributed by atoms with Gasteiger partial charge in [-0.05, 0) is 61.0 Å². The lowest BCUT2D eigenvalue weighted by Crippen LogP contribution is -2.41. The summed E-state index contributed by atoms with van der Waals surface area (Å²) < 4.78 is 17.9. The van der Waals surface area contributed by atoms with Crippen LogP contribution in [-0.4, -0.2) is 31.0 Å². The van der Waals surface area contributed by atoms with Crippen LogP contribution in [0, 0.1) is 0 Å². The molecule has 174 valence electrons. The van der Waals surface area contributed by atoms with Crippen LogP contribution in [0.25, 0.3) is 11.1 Å². The van der Waals surface area contributed by atoms with Crippen molar-refractivity contribution < 1.29 is 18.8 Å². The van der Waals surface area contributed by atoms with E-state index in [1.54, 1.807) is 0 Å². The van der Waals surface area contributed by atoms with Crippen LogP contribution in [-0.2, 0) is 20.6 Å². The summed E-state index contributed by atoms with van der Waals surface area (Å²) in [6, 6.07) is 24.5. The summed E-state index contributed by atoms with van der Waals surface area (Å²) in [5.41, 5.74) is 5.93. The van der Waals surface area contributed by atoms with E-state index in [1.807, 2.05) is 76.2 Å². The molecule has 0 radical (unpaired) electrons. The van der Waals surface area contributed by atoms with Gasteiger partial charge in [0.05, 0.1) is 11.2 Å². The SMILES string of the molecule is CC1(C)OB(c2cccc(CNC(=O)OCC3c4ccccc4-c4ccccc43)c2)OC1(C)C.